The molecule has 186 valence electrons. The SMILES string of the molecule is COc1ccc(CNC(=O)c2c(OC)cc(=O)n3c2CCN(C(=O)C2=C(C)OCCO2)CC3)cc1. The lowest BCUT2D eigenvalue weighted by molar-refractivity contribution is -0.132. The molecule has 1 aromatic heterocycles. The monoisotopic (exact) mass is 483 g/mol. The number of aromatic nitrogens is 1. The van der Waals surface area contributed by atoms with Crippen LogP contribution in [0.4, 0.5) is 0 Å². The van der Waals surface area contributed by atoms with Crippen molar-refractivity contribution in [2.24, 2.45) is 0 Å². The molecule has 1 N–H and O–H groups in total. The van der Waals surface area contributed by atoms with Crippen LogP contribution in [0.5, 0.6) is 11.5 Å². The molecule has 0 fully saturated rings. The maximum Gasteiger partial charge on any atom is 0.292 e. The molecule has 0 unspecified atom stereocenters. The smallest absolute Gasteiger partial charge is 0.292 e. The summed E-state index contributed by atoms with van der Waals surface area (Å²) in [7, 11) is 3.02. The molecule has 35 heavy (non-hydrogen) atoms. The number of nitrogens with one attached hydrogen (secondary N) is 1. The highest BCUT2D eigenvalue weighted by atomic mass is 16.6. The molecule has 2 amide bonds. The Morgan fingerprint density at radius 2 is 1.77 bits per heavy atom. The Morgan fingerprint density at radius 1 is 1.03 bits per heavy atom. The summed E-state index contributed by atoms with van der Waals surface area (Å²) in [6.07, 6.45) is 0.302. The Labute approximate surface area is 203 Å². The van der Waals surface area contributed by atoms with Crippen molar-refractivity contribution in [1.29, 1.82) is 0 Å². The lowest BCUT2D eigenvalue weighted by atomic mass is 10.1. The molecule has 0 spiro atoms. The van der Waals surface area contributed by atoms with Gasteiger partial charge in [-0.25, -0.2) is 0 Å². The number of carbonyl (C=O) groups is 2. The molecule has 3 heterocycles. The van der Waals surface area contributed by atoms with Crippen LogP contribution in [0.1, 0.15) is 28.5 Å². The van der Waals surface area contributed by atoms with Gasteiger partial charge in [-0.2, -0.15) is 0 Å². The van der Waals surface area contributed by atoms with Crippen LogP contribution in [0.2, 0.25) is 0 Å². The first-order chi connectivity index (χ1) is 16.9. The van der Waals surface area contributed by atoms with Gasteiger partial charge in [-0.15, -0.1) is 0 Å². The van der Waals surface area contributed by atoms with Crippen molar-refractivity contribution in [2.45, 2.75) is 26.4 Å². The average molecular weight is 484 g/mol. The van der Waals surface area contributed by atoms with Crippen molar-refractivity contribution < 1.29 is 28.5 Å². The Balaban J connectivity index is 1.57. The first-order valence-corrected chi connectivity index (χ1v) is 11.4. The van der Waals surface area contributed by atoms with Gasteiger partial charge in [0.15, 0.2) is 0 Å². The minimum Gasteiger partial charge on any atom is -0.497 e. The van der Waals surface area contributed by atoms with E-state index in [4.69, 9.17) is 18.9 Å². The quantitative estimate of drug-likeness (QED) is 0.663. The summed E-state index contributed by atoms with van der Waals surface area (Å²) in [5.74, 6) is 0.912. The van der Waals surface area contributed by atoms with E-state index in [-0.39, 0.29) is 35.4 Å². The van der Waals surface area contributed by atoms with Crippen LogP contribution in [0, 0.1) is 0 Å². The number of nitrogens with zero attached hydrogens (tertiary/aromatic N) is 2. The first-order valence-electron chi connectivity index (χ1n) is 11.4. The summed E-state index contributed by atoms with van der Waals surface area (Å²) in [6, 6.07) is 8.68. The second kappa shape index (κ2) is 10.5. The highest BCUT2D eigenvalue weighted by Crippen LogP contribution is 2.24. The Bertz CT molecular complexity index is 1200. The topological polar surface area (TPSA) is 108 Å². The molecule has 1 aromatic carbocycles. The van der Waals surface area contributed by atoms with Crippen LogP contribution in [-0.2, 0) is 33.8 Å². The third kappa shape index (κ3) is 5.11. The summed E-state index contributed by atoms with van der Waals surface area (Å²) >= 11 is 0. The average Bonchev–Trinajstić information content (AvgIpc) is 3.11. The summed E-state index contributed by atoms with van der Waals surface area (Å²) in [5, 5.41) is 2.91. The number of rotatable bonds is 6. The molecular weight excluding hydrogens is 454 g/mol. The van der Waals surface area contributed by atoms with Gasteiger partial charge >= 0.3 is 0 Å². The summed E-state index contributed by atoms with van der Waals surface area (Å²) in [5.41, 5.74) is 1.43. The molecule has 0 saturated heterocycles. The van der Waals surface area contributed by atoms with E-state index in [2.05, 4.69) is 5.32 Å². The van der Waals surface area contributed by atoms with Gasteiger partial charge in [0, 0.05) is 44.4 Å². The molecule has 0 saturated carbocycles. The van der Waals surface area contributed by atoms with Gasteiger partial charge in [-0.05, 0) is 24.6 Å². The zero-order chi connectivity index (χ0) is 24.9. The minimum absolute atomic E-state index is 0.185. The maximum atomic E-state index is 13.3. The van der Waals surface area contributed by atoms with Gasteiger partial charge in [0.1, 0.15) is 36.0 Å². The van der Waals surface area contributed by atoms with E-state index in [1.54, 1.807) is 18.9 Å². The Hall–Kier alpha value is -3.95. The molecule has 0 aliphatic carbocycles. The first kappa shape index (κ1) is 24.2. The molecule has 2 aliphatic rings. The summed E-state index contributed by atoms with van der Waals surface area (Å²) in [4.78, 5) is 40.8. The normalized spacial score (nSPS) is 15.3. The highest BCUT2D eigenvalue weighted by molar-refractivity contribution is 5.98. The van der Waals surface area contributed by atoms with E-state index < -0.39 is 0 Å². The molecule has 10 heteroatoms. The van der Waals surface area contributed by atoms with Gasteiger partial charge in [0.25, 0.3) is 17.4 Å². The van der Waals surface area contributed by atoms with Gasteiger partial charge in [-0.1, -0.05) is 12.1 Å². The fourth-order valence-corrected chi connectivity index (χ4v) is 4.23. The zero-order valence-electron chi connectivity index (χ0n) is 20.1. The van der Waals surface area contributed by atoms with Gasteiger partial charge in [0.05, 0.1) is 14.2 Å². The maximum absolute atomic E-state index is 13.3. The number of pyridine rings is 1. The third-order valence-electron chi connectivity index (χ3n) is 6.10. The third-order valence-corrected chi connectivity index (χ3v) is 6.10. The molecule has 0 radical (unpaired) electrons. The van der Waals surface area contributed by atoms with Crippen molar-refractivity contribution in [3.63, 3.8) is 0 Å². The molecule has 2 aliphatic heterocycles. The van der Waals surface area contributed by atoms with Crippen LogP contribution in [0.3, 0.4) is 0 Å². The predicted octanol–water partition coefficient (Wildman–Crippen LogP) is 1.46. The van der Waals surface area contributed by atoms with Gasteiger partial charge in [0.2, 0.25) is 5.76 Å². The summed E-state index contributed by atoms with van der Waals surface area (Å²) < 4.78 is 23.1. The number of ether oxygens (including phenoxy) is 4. The number of carbonyl (C=O) groups excluding carboxylic acids is 2. The predicted molar refractivity (Wildman–Crippen MR) is 126 cm³/mol. The van der Waals surface area contributed by atoms with E-state index in [1.165, 1.54) is 17.7 Å². The van der Waals surface area contributed by atoms with Crippen molar-refractivity contribution >= 4 is 11.8 Å². The number of hydrogen-bond acceptors (Lipinski definition) is 7. The van der Waals surface area contributed by atoms with E-state index in [0.29, 0.717) is 56.3 Å². The van der Waals surface area contributed by atoms with Gasteiger partial charge in [-0.3, -0.25) is 14.4 Å². The van der Waals surface area contributed by atoms with Crippen LogP contribution in [0.15, 0.2) is 46.6 Å². The Kier molecular flexibility index (Phi) is 7.28. The lowest BCUT2D eigenvalue weighted by Gasteiger charge is -2.25. The molecule has 4 rings (SSSR count). The zero-order valence-corrected chi connectivity index (χ0v) is 20.1. The largest absolute Gasteiger partial charge is 0.497 e. The molecule has 2 aromatic rings. The molecule has 10 nitrogen and oxygen atoms in total. The second-order valence-electron chi connectivity index (χ2n) is 8.18. The number of hydrogen-bond donors (Lipinski definition) is 1. The molecular formula is C25H29N3O7. The van der Waals surface area contributed by atoms with Crippen LogP contribution in [0.25, 0.3) is 0 Å². The van der Waals surface area contributed by atoms with Crippen molar-refractivity contribution in [2.75, 3.05) is 40.5 Å². The number of amides is 2. The van der Waals surface area contributed by atoms with Crippen molar-refractivity contribution in [3.8, 4) is 11.5 Å². The van der Waals surface area contributed by atoms with E-state index >= 15 is 0 Å². The van der Waals surface area contributed by atoms with Crippen molar-refractivity contribution in [3.05, 3.63) is 69.0 Å². The van der Waals surface area contributed by atoms with E-state index in [1.807, 2.05) is 24.3 Å². The number of fused-ring (bicyclic) bond motifs is 1. The fourth-order valence-electron chi connectivity index (χ4n) is 4.23. The standard InChI is InChI=1S/C25H29N3O7/c1-16-23(35-13-12-34-16)25(31)27-9-8-19-22(20(33-3)14-21(29)28(19)11-10-27)24(30)26-15-17-4-6-18(32-2)7-5-17/h4-7,14H,8-13,15H2,1-3H3,(H,26,30). The van der Waals surface area contributed by atoms with Crippen LogP contribution in [-0.4, -0.2) is 61.8 Å². The highest BCUT2D eigenvalue weighted by Gasteiger charge is 2.30. The minimum atomic E-state index is -0.358. The van der Waals surface area contributed by atoms with E-state index in [9.17, 15) is 14.4 Å². The second-order valence-corrected chi connectivity index (χ2v) is 8.18. The number of methoxy groups -OCH3 is 2. The lowest BCUT2D eigenvalue weighted by Crippen LogP contribution is -2.37. The van der Waals surface area contributed by atoms with E-state index in [0.717, 1.165) is 11.3 Å². The number of allylic oxidation sites excluding steroid dienone is 1. The molecule has 0 atom stereocenters. The van der Waals surface area contributed by atoms with Crippen molar-refractivity contribution in [1.82, 2.24) is 14.8 Å². The van der Waals surface area contributed by atoms with Gasteiger partial charge < -0.3 is 33.7 Å². The van der Waals surface area contributed by atoms with Crippen LogP contribution < -0.4 is 20.3 Å². The Morgan fingerprint density at radius 3 is 2.46 bits per heavy atom. The number of benzene rings is 1. The molecule has 0 bridgehead atoms. The summed E-state index contributed by atoms with van der Waals surface area (Å²) in [6.45, 7) is 3.55. The van der Waals surface area contributed by atoms with Crippen LogP contribution >= 0.6 is 0 Å². The fraction of sp³-hybridized carbons (Fsp3) is 0.400.